The van der Waals surface area contributed by atoms with Gasteiger partial charge in [-0.15, -0.1) is 0 Å². The molecule has 1 aliphatic carbocycles. The van der Waals surface area contributed by atoms with E-state index < -0.39 is 17.5 Å². The number of fused-ring (bicyclic) bond motifs is 8. The van der Waals surface area contributed by atoms with Gasteiger partial charge in [-0.1, -0.05) is 0 Å². The van der Waals surface area contributed by atoms with Crippen molar-refractivity contribution in [3.63, 3.8) is 0 Å². The fourth-order valence-corrected chi connectivity index (χ4v) is 5.63. The van der Waals surface area contributed by atoms with Crippen molar-refractivity contribution in [1.82, 2.24) is 9.80 Å². The predicted octanol–water partition coefficient (Wildman–Crippen LogP) is 4.31. The molecule has 2 fully saturated rings. The highest BCUT2D eigenvalue weighted by Crippen LogP contribution is 2.36. The maximum atomic E-state index is 12.6. The highest BCUT2D eigenvalue weighted by Gasteiger charge is 2.37. The number of likely N-dealkylation sites (tertiary alicyclic amines) is 1. The van der Waals surface area contributed by atoms with Gasteiger partial charge in [-0.25, -0.2) is 14.4 Å². The number of esters is 2. The Kier molecular flexibility index (Phi) is 10.9. The van der Waals surface area contributed by atoms with Gasteiger partial charge < -0.3 is 33.3 Å². The first-order valence-electron chi connectivity index (χ1n) is 15.0. The first-order chi connectivity index (χ1) is 20.1. The molecule has 1 amide bonds. The van der Waals surface area contributed by atoms with Crippen molar-refractivity contribution < 1.29 is 42.8 Å². The molecule has 4 bridgehead atoms. The van der Waals surface area contributed by atoms with Crippen LogP contribution in [0.3, 0.4) is 0 Å². The Labute approximate surface area is 248 Å². The van der Waals surface area contributed by atoms with Crippen LogP contribution in [0.1, 0.15) is 80.0 Å². The van der Waals surface area contributed by atoms with E-state index in [4.69, 9.17) is 28.4 Å². The second kappa shape index (κ2) is 14.4. The monoisotopic (exact) mass is 590 g/mol. The number of ether oxygens (including phenoxy) is 6. The minimum atomic E-state index is -0.675. The number of carbonyl (C=O) groups is 3. The normalized spacial score (nSPS) is 22.6. The SMILES string of the molecule is COC(=O)c1cc2cc(c1C(=O)OC)OCCCCOCCN(CC1CCN(C(=O)OC(C)(C)C)CC1)[C@H]1C[C@@H](C1)O2. The molecule has 3 heterocycles. The van der Waals surface area contributed by atoms with E-state index in [-0.39, 0.29) is 29.1 Å². The fraction of sp³-hybridized carbons (Fsp3) is 0.710. The van der Waals surface area contributed by atoms with Gasteiger partial charge in [-0.3, -0.25) is 4.90 Å². The Morgan fingerprint density at radius 1 is 0.929 bits per heavy atom. The third-order valence-corrected chi connectivity index (χ3v) is 7.98. The molecule has 5 rings (SSSR count). The summed E-state index contributed by atoms with van der Waals surface area (Å²) in [5.41, 5.74) is -0.411. The summed E-state index contributed by atoms with van der Waals surface area (Å²) in [5.74, 6) is -0.154. The maximum Gasteiger partial charge on any atom is 0.410 e. The van der Waals surface area contributed by atoms with Crippen LogP contribution in [0.25, 0.3) is 0 Å². The molecule has 0 unspecified atom stereocenters. The lowest BCUT2D eigenvalue weighted by Gasteiger charge is -2.45. The van der Waals surface area contributed by atoms with E-state index >= 15 is 0 Å². The molecule has 11 heteroatoms. The Morgan fingerprint density at radius 3 is 2.29 bits per heavy atom. The number of hydrogen-bond acceptors (Lipinski definition) is 10. The first kappa shape index (κ1) is 31.9. The van der Waals surface area contributed by atoms with Crippen LogP contribution in [0.2, 0.25) is 0 Å². The molecule has 42 heavy (non-hydrogen) atoms. The number of carbonyl (C=O) groups excluding carboxylic acids is 3. The highest BCUT2D eigenvalue weighted by atomic mass is 16.6. The number of piperidine rings is 1. The predicted molar refractivity (Wildman–Crippen MR) is 154 cm³/mol. The van der Waals surface area contributed by atoms with E-state index in [1.165, 1.54) is 20.3 Å². The lowest BCUT2D eigenvalue weighted by Crippen LogP contribution is -2.52. The third kappa shape index (κ3) is 8.50. The van der Waals surface area contributed by atoms with Gasteiger partial charge in [0, 0.05) is 57.7 Å². The highest BCUT2D eigenvalue weighted by molar-refractivity contribution is 6.05. The lowest BCUT2D eigenvalue weighted by molar-refractivity contribution is -0.0131. The number of nitrogens with zero attached hydrogens (tertiary/aromatic N) is 2. The molecule has 0 N–H and O–H groups in total. The molecular weight excluding hydrogens is 544 g/mol. The maximum absolute atomic E-state index is 12.6. The summed E-state index contributed by atoms with van der Waals surface area (Å²) < 4.78 is 33.6. The quantitative estimate of drug-likeness (QED) is 0.371. The van der Waals surface area contributed by atoms with Crippen LogP contribution >= 0.6 is 0 Å². The lowest BCUT2D eigenvalue weighted by atomic mass is 9.86. The number of methoxy groups -OCH3 is 2. The zero-order chi connectivity index (χ0) is 30.3. The molecule has 3 aliphatic heterocycles. The van der Waals surface area contributed by atoms with Crippen molar-refractivity contribution >= 4 is 18.0 Å². The van der Waals surface area contributed by atoms with E-state index in [2.05, 4.69) is 4.90 Å². The van der Waals surface area contributed by atoms with Crippen LogP contribution in [0.15, 0.2) is 12.1 Å². The first-order valence-corrected chi connectivity index (χ1v) is 15.0. The Bertz CT molecular complexity index is 1090. The summed E-state index contributed by atoms with van der Waals surface area (Å²) in [6.45, 7) is 10.5. The molecule has 0 atom stereocenters. The van der Waals surface area contributed by atoms with E-state index in [9.17, 15) is 14.4 Å². The van der Waals surface area contributed by atoms with Gasteiger partial charge in [0.25, 0.3) is 0 Å². The molecule has 11 nitrogen and oxygen atoms in total. The zero-order valence-electron chi connectivity index (χ0n) is 25.6. The average Bonchev–Trinajstić information content (AvgIpc) is 2.93. The smallest absolute Gasteiger partial charge is 0.410 e. The molecular formula is C31H46N2O9. The van der Waals surface area contributed by atoms with E-state index in [0.717, 1.165) is 45.2 Å². The van der Waals surface area contributed by atoms with Gasteiger partial charge in [-0.2, -0.15) is 0 Å². The molecule has 0 spiro atoms. The second-order valence-electron chi connectivity index (χ2n) is 12.3. The van der Waals surface area contributed by atoms with Crippen molar-refractivity contribution in [2.45, 2.75) is 77.0 Å². The minimum absolute atomic E-state index is 0.0319. The molecule has 1 aromatic rings. The Hall–Kier alpha value is -3.05. The number of amides is 1. The van der Waals surface area contributed by atoms with Crippen molar-refractivity contribution in [2.24, 2.45) is 5.92 Å². The molecule has 0 aromatic heterocycles. The summed E-state index contributed by atoms with van der Waals surface area (Å²) in [4.78, 5) is 42.0. The summed E-state index contributed by atoms with van der Waals surface area (Å²) in [6.07, 6.45) is 4.78. The van der Waals surface area contributed by atoms with E-state index in [1.54, 1.807) is 6.07 Å². The van der Waals surface area contributed by atoms with Crippen molar-refractivity contribution in [3.8, 4) is 11.5 Å². The summed E-state index contributed by atoms with van der Waals surface area (Å²) in [7, 11) is 2.53. The number of benzene rings is 1. The zero-order valence-corrected chi connectivity index (χ0v) is 25.6. The van der Waals surface area contributed by atoms with Crippen LogP contribution in [0, 0.1) is 5.92 Å². The summed E-state index contributed by atoms with van der Waals surface area (Å²) in [5, 5.41) is 0. The van der Waals surface area contributed by atoms with Gasteiger partial charge in [0.1, 0.15) is 28.8 Å². The second-order valence-corrected chi connectivity index (χ2v) is 12.3. The molecule has 4 aliphatic rings. The van der Waals surface area contributed by atoms with Gasteiger partial charge in [0.2, 0.25) is 0 Å². The molecule has 0 radical (unpaired) electrons. The van der Waals surface area contributed by atoms with Gasteiger partial charge in [0.15, 0.2) is 0 Å². The fourth-order valence-electron chi connectivity index (χ4n) is 5.63. The van der Waals surface area contributed by atoms with Gasteiger partial charge in [0.05, 0.1) is 33.0 Å². The van der Waals surface area contributed by atoms with Crippen molar-refractivity contribution in [3.05, 3.63) is 23.3 Å². The van der Waals surface area contributed by atoms with Crippen LogP contribution < -0.4 is 9.47 Å². The van der Waals surface area contributed by atoms with Crippen LogP contribution in [0.4, 0.5) is 4.79 Å². The minimum Gasteiger partial charge on any atom is -0.493 e. The Morgan fingerprint density at radius 2 is 1.62 bits per heavy atom. The average molecular weight is 591 g/mol. The number of rotatable bonds is 4. The van der Waals surface area contributed by atoms with Gasteiger partial charge in [-0.05, 0) is 58.4 Å². The van der Waals surface area contributed by atoms with Crippen molar-refractivity contribution in [1.29, 1.82) is 0 Å². The van der Waals surface area contributed by atoms with Crippen LogP contribution in [-0.2, 0) is 18.9 Å². The van der Waals surface area contributed by atoms with Crippen LogP contribution in [-0.4, -0.2) is 106 Å². The standard InChI is InChI=1S/C31H46N2O9/c1-31(2,3)42-30(36)32-10-8-21(9-11-32)20-33-12-15-39-13-6-7-14-40-26-19-24(41-23-16-22(33)17-23)18-25(28(34)37-4)27(26)29(35)38-5/h18-19,21-23H,6-17,20H2,1-5H3/t22-,23-. The topological polar surface area (TPSA) is 113 Å². The Balaban J connectivity index is 1.43. The largest absolute Gasteiger partial charge is 0.493 e. The van der Waals surface area contributed by atoms with E-state index in [0.29, 0.717) is 57.0 Å². The van der Waals surface area contributed by atoms with Crippen molar-refractivity contribution in [2.75, 3.05) is 60.2 Å². The molecule has 234 valence electrons. The number of hydrogen-bond donors (Lipinski definition) is 0. The van der Waals surface area contributed by atoms with Gasteiger partial charge >= 0.3 is 18.0 Å². The molecule has 1 saturated heterocycles. The molecule has 1 aromatic carbocycles. The summed E-state index contributed by atoms with van der Waals surface area (Å²) >= 11 is 0. The summed E-state index contributed by atoms with van der Waals surface area (Å²) in [6, 6.07) is 3.54. The molecule has 1 saturated carbocycles. The van der Waals surface area contributed by atoms with E-state index in [1.807, 2.05) is 25.7 Å². The third-order valence-electron chi connectivity index (χ3n) is 7.98. The van der Waals surface area contributed by atoms with Crippen LogP contribution in [0.5, 0.6) is 11.5 Å².